The summed E-state index contributed by atoms with van der Waals surface area (Å²) in [7, 11) is 3.36. The standard InChI is InChI=1S/C21H28N4O3/c1-27-17-4-3-14(20(9-17)28-2)11-25-12-15-7-18(19(26)8-16(15)13-25)24-21-10-22-5-6-23-21/h3-6,9-10,15-16,18-19,26H,7-8,11-13H2,1-2H3,(H,23,24)/t15-,16+,18-,19-/m1/s1. The van der Waals surface area contributed by atoms with Crippen LogP contribution in [0.15, 0.2) is 36.8 Å². The van der Waals surface area contributed by atoms with Crippen LogP contribution in [-0.2, 0) is 6.54 Å². The number of ether oxygens (including phenoxy) is 2. The van der Waals surface area contributed by atoms with Crippen molar-refractivity contribution in [1.82, 2.24) is 14.9 Å². The Bertz CT molecular complexity index is 788. The summed E-state index contributed by atoms with van der Waals surface area (Å²) >= 11 is 0. The SMILES string of the molecule is COc1ccc(CN2C[C@H]3C[C@@H](Nc4cnccn4)[C@H](O)C[C@H]3C2)c(OC)c1. The fourth-order valence-corrected chi connectivity index (χ4v) is 4.60. The predicted octanol–water partition coefficient (Wildman–Crippen LogP) is 2.18. The fraction of sp³-hybridized carbons (Fsp3) is 0.524. The molecule has 1 aliphatic carbocycles. The van der Waals surface area contributed by atoms with Crippen molar-refractivity contribution in [2.75, 3.05) is 32.6 Å². The first-order chi connectivity index (χ1) is 13.7. The molecule has 150 valence electrons. The molecule has 2 aliphatic rings. The normalized spacial score (nSPS) is 27.2. The van der Waals surface area contributed by atoms with Gasteiger partial charge < -0.3 is 19.9 Å². The van der Waals surface area contributed by atoms with E-state index in [4.69, 9.17) is 9.47 Å². The van der Waals surface area contributed by atoms with Crippen LogP contribution in [0.25, 0.3) is 0 Å². The number of likely N-dealkylation sites (tertiary alicyclic amines) is 1. The highest BCUT2D eigenvalue weighted by molar-refractivity contribution is 5.40. The zero-order valence-corrected chi connectivity index (χ0v) is 16.4. The molecule has 2 N–H and O–H groups in total. The lowest BCUT2D eigenvalue weighted by molar-refractivity contribution is 0.0735. The Hall–Kier alpha value is -2.38. The summed E-state index contributed by atoms with van der Waals surface area (Å²) in [6, 6.07) is 6.01. The van der Waals surface area contributed by atoms with Gasteiger partial charge in [-0.2, -0.15) is 0 Å². The number of rotatable bonds is 6. The lowest BCUT2D eigenvalue weighted by Crippen LogP contribution is -2.43. The molecule has 1 aliphatic heterocycles. The molecule has 2 fully saturated rings. The summed E-state index contributed by atoms with van der Waals surface area (Å²) < 4.78 is 10.8. The van der Waals surface area contributed by atoms with Crippen LogP contribution in [0.4, 0.5) is 5.82 Å². The average Bonchev–Trinajstić information content (AvgIpc) is 3.10. The van der Waals surface area contributed by atoms with E-state index in [9.17, 15) is 5.11 Å². The Kier molecular flexibility index (Phi) is 5.64. The van der Waals surface area contributed by atoms with Crippen LogP contribution in [0.1, 0.15) is 18.4 Å². The fourth-order valence-electron chi connectivity index (χ4n) is 4.60. The van der Waals surface area contributed by atoms with Gasteiger partial charge in [0.25, 0.3) is 0 Å². The van der Waals surface area contributed by atoms with E-state index in [0.717, 1.165) is 55.4 Å². The Morgan fingerprint density at radius 1 is 1.14 bits per heavy atom. The van der Waals surface area contributed by atoms with Gasteiger partial charge >= 0.3 is 0 Å². The number of benzene rings is 1. The van der Waals surface area contributed by atoms with Crippen molar-refractivity contribution < 1.29 is 14.6 Å². The number of hydrogen-bond donors (Lipinski definition) is 2. The van der Waals surface area contributed by atoms with E-state index in [1.807, 2.05) is 12.1 Å². The van der Waals surface area contributed by atoms with Crippen LogP contribution in [-0.4, -0.2) is 59.4 Å². The van der Waals surface area contributed by atoms with Gasteiger partial charge in [-0.05, 0) is 30.7 Å². The third kappa shape index (κ3) is 4.05. The van der Waals surface area contributed by atoms with Crippen molar-refractivity contribution in [2.24, 2.45) is 11.8 Å². The zero-order chi connectivity index (χ0) is 19.5. The highest BCUT2D eigenvalue weighted by Crippen LogP contribution is 2.38. The van der Waals surface area contributed by atoms with Crippen LogP contribution < -0.4 is 14.8 Å². The second kappa shape index (κ2) is 8.32. The molecule has 0 radical (unpaired) electrons. The van der Waals surface area contributed by atoms with Gasteiger partial charge in [0.15, 0.2) is 0 Å². The van der Waals surface area contributed by atoms with E-state index in [1.165, 1.54) is 0 Å². The monoisotopic (exact) mass is 384 g/mol. The molecule has 1 saturated carbocycles. The maximum Gasteiger partial charge on any atom is 0.144 e. The van der Waals surface area contributed by atoms with E-state index >= 15 is 0 Å². The minimum absolute atomic E-state index is 0.0217. The van der Waals surface area contributed by atoms with E-state index in [2.05, 4.69) is 26.3 Å². The van der Waals surface area contributed by atoms with Crippen LogP contribution >= 0.6 is 0 Å². The molecule has 1 saturated heterocycles. The maximum absolute atomic E-state index is 10.6. The van der Waals surface area contributed by atoms with Gasteiger partial charge in [0.05, 0.1) is 32.6 Å². The summed E-state index contributed by atoms with van der Waals surface area (Å²) in [6.07, 6.45) is 6.42. The smallest absolute Gasteiger partial charge is 0.144 e. The zero-order valence-electron chi connectivity index (χ0n) is 16.4. The molecule has 0 spiro atoms. The molecular formula is C21H28N4O3. The van der Waals surface area contributed by atoms with Crippen molar-refractivity contribution in [2.45, 2.75) is 31.5 Å². The Balaban J connectivity index is 1.39. The highest BCUT2D eigenvalue weighted by Gasteiger charge is 2.41. The lowest BCUT2D eigenvalue weighted by Gasteiger charge is -2.35. The van der Waals surface area contributed by atoms with Gasteiger partial charge in [-0.15, -0.1) is 0 Å². The summed E-state index contributed by atoms with van der Waals surface area (Å²) in [6.45, 7) is 2.89. The molecule has 0 amide bonds. The molecule has 2 heterocycles. The van der Waals surface area contributed by atoms with E-state index in [0.29, 0.717) is 11.8 Å². The van der Waals surface area contributed by atoms with E-state index in [-0.39, 0.29) is 12.1 Å². The van der Waals surface area contributed by atoms with E-state index in [1.54, 1.807) is 32.8 Å². The molecule has 0 unspecified atom stereocenters. The third-order valence-corrected chi connectivity index (χ3v) is 6.00. The summed E-state index contributed by atoms with van der Waals surface area (Å²) in [5.41, 5.74) is 1.16. The number of nitrogens with zero attached hydrogens (tertiary/aromatic N) is 3. The van der Waals surface area contributed by atoms with Gasteiger partial charge in [0.2, 0.25) is 0 Å². The first-order valence-corrected chi connectivity index (χ1v) is 9.80. The Morgan fingerprint density at radius 2 is 1.96 bits per heavy atom. The van der Waals surface area contributed by atoms with Gasteiger partial charge in [0.1, 0.15) is 17.3 Å². The number of hydrogen-bond acceptors (Lipinski definition) is 7. The lowest BCUT2D eigenvalue weighted by atomic mass is 9.77. The molecular weight excluding hydrogens is 356 g/mol. The van der Waals surface area contributed by atoms with Crippen molar-refractivity contribution in [3.05, 3.63) is 42.4 Å². The number of anilines is 1. The van der Waals surface area contributed by atoms with Gasteiger partial charge in [0, 0.05) is 43.7 Å². The third-order valence-electron chi connectivity index (χ3n) is 6.00. The Morgan fingerprint density at radius 3 is 2.68 bits per heavy atom. The van der Waals surface area contributed by atoms with Gasteiger partial charge in [-0.3, -0.25) is 9.88 Å². The molecule has 2 aromatic rings. The van der Waals surface area contributed by atoms with Crippen LogP contribution in [0.2, 0.25) is 0 Å². The van der Waals surface area contributed by atoms with Crippen LogP contribution in [0.3, 0.4) is 0 Å². The Labute approximate surface area is 165 Å². The first-order valence-electron chi connectivity index (χ1n) is 9.80. The van der Waals surface area contributed by atoms with Crippen molar-refractivity contribution >= 4 is 5.82 Å². The van der Waals surface area contributed by atoms with Crippen LogP contribution in [0, 0.1) is 11.8 Å². The first kappa shape index (κ1) is 19.0. The molecule has 7 heteroatoms. The number of aliphatic hydroxyl groups excluding tert-OH is 1. The highest BCUT2D eigenvalue weighted by atomic mass is 16.5. The molecule has 7 nitrogen and oxygen atoms in total. The molecule has 1 aromatic heterocycles. The number of aliphatic hydroxyl groups is 1. The topological polar surface area (TPSA) is 79.7 Å². The molecule has 4 atom stereocenters. The maximum atomic E-state index is 10.6. The summed E-state index contributed by atoms with van der Waals surface area (Å²) in [5.74, 6) is 3.48. The minimum atomic E-state index is -0.362. The minimum Gasteiger partial charge on any atom is -0.497 e. The molecule has 1 aromatic carbocycles. The molecule has 4 rings (SSSR count). The van der Waals surface area contributed by atoms with Gasteiger partial charge in [-0.1, -0.05) is 6.07 Å². The number of fused-ring (bicyclic) bond motifs is 1. The second-order valence-corrected chi connectivity index (χ2v) is 7.77. The van der Waals surface area contributed by atoms with Crippen LogP contribution in [0.5, 0.6) is 11.5 Å². The summed E-state index contributed by atoms with van der Waals surface area (Å²) in [5, 5.41) is 14.0. The molecule has 28 heavy (non-hydrogen) atoms. The second-order valence-electron chi connectivity index (χ2n) is 7.77. The van der Waals surface area contributed by atoms with Crippen molar-refractivity contribution in [3.63, 3.8) is 0 Å². The number of nitrogens with one attached hydrogen (secondary N) is 1. The van der Waals surface area contributed by atoms with Crippen molar-refractivity contribution in [3.8, 4) is 11.5 Å². The quantitative estimate of drug-likeness (QED) is 0.790. The van der Waals surface area contributed by atoms with Crippen molar-refractivity contribution in [1.29, 1.82) is 0 Å². The number of aromatic nitrogens is 2. The van der Waals surface area contributed by atoms with E-state index < -0.39 is 0 Å². The molecule has 0 bridgehead atoms. The number of methoxy groups -OCH3 is 2. The average molecular weight is 384 g/mol. The van der Waals surface area contributed by atoms with Gasteiger partial charge in [-0.25, -0.2) is 4.98 Å². The largest absolute Gasteiger partial charge is 0.497 e. The predicted molar refractivity (Wildman–Crippen MR) is 106 cm³/mol. The summed E-state index contributed by atoms with van der Waals surface area (Å²) in [4.78, 5) is 10.8.